The number of benzene rings is 2. The molecule has 1 amide bonds. The minimum absolute atomic E-state index is 0.0822. The van der Waals surface area contributed by atoms with Gasteiger partial charge in [0.1, 0.15) is 11.6 Å². The number of aromatic nitrogens is 4. The van der Waals surface area contributed by atoms with E-state index in [1.165, 1.54) is 31.5 Å². The highest BCUT2D eigenvalue weighted by atomic mass is 19.4. The van der Waals surface area contributed by atoms with Crippen LogP contribution >= 0.6 is 0 Å². The number of carbonyl (C=O) groups excluding carboxylic acids is 1. The number of hydrogen-bond acceptors (Lipinski definition) is 6. The Balaban J connectivity index is 1.39. The topological polar surface area (TPSA) is 119 Å². The molecule has 3 heterocycles. The molecule has 0 fully saturated rings. The highest BCUT2D eigenvalue weighted by molar-refractivity contribution is 6.05. The summed E-state index contributed by atoms with van der Waals surface area (Å²) in [4.78, 5) is 21.0. The van der Waals surface area contributed by atoms with Crippen LogP contribution in [0.4, 0.5) is 23.4 Å². The van der Waals surface area contributed by atoms with E-state index in [0.717, 1.165) is 23.9 Å². The van der Waals surface area contributed by atoms with Crippen LogP contribution in [0, 0.1) is 5.82 Å². The van der Waals surface area contributed by atoms with Crippen LogP contribution in [0.5, 0.6) is 5.75 Å². The minimum Gasteiger partial charge on any atom is -0.496 e. The summed E-state index contributed by atoms with van der Waals surface area (Å²) in [7, 11) is 1.40. The molecule has 198 valence electrons. The molecule has 39 heavy (non-hydrogen) atoms. The highest BCUT2D eigenvalue weighted by Gasteiger charge is 2.31. The number of ether oxygens (including phenoxy) is 1. The number of anilines is 1. The molecule has 0 bridgehead atoms. The molecule has 0 spiro atoms. The summed E-state index contributed by atoms with van der Waals surface area (Å²) >= 11 is 0. The van der Waals surface area contributed by atoms with Gasteiger partial charge < -0.3 is 15.8 Å². The molecule has 2 aromatic carbocycles. The van der Waals surface area contributed by atoms with Crippen molar-refractivity contribution in [3.8, 4) is 28.3 Å². The van der Waals surface area contributed by atoms with Crippen molar-refractivity contribution in [1.29, 1.82) is 0 Å². The van der Waals surface area contributed by atoms with Crippen molar-refractivity contribution in [2.45, 2.75) is 12.7 Å². The van der Waals surface area contributed by atoms with E-state index in [2.05, 4.69) is 25.5 Å². The van der Waals surface area contributed by atoms with Crippen molar-refractivity contribution < 1.29 is 27.1 Å². The summed E-state index contributed by atoms with van der Waals surface area (Å²) < 4.78 is 57.5. The van der Waals surface area contributed by atoms with Crippen LogP contribution in [0.1, 0.15) is 21.5 Å². The summed E-state index contributed by atoms with van der Waals surface area (Å²) in [5.41, 5.74) is 8.50. The Labute approximate surface area is 218 Å². The Morgan fingerprint density at radius 3 is 2.49 bits per heavy atom. The molecule has 0 atom stereocenters. The number of alkyl halides is 3. The summed E-state index contributed by atoms with van der Waals surface area (Å²) in [6.07, 6.45) is -2.25. The van der Waals surface area contributed by atoms with Gasteiger partial charge in [-0.1, -0.05) is 24.3 Å². The molecule has 0 unspecified atom stereocenters. The minimum atomic E-state index is -4.50. The van der Waals surface area contributed by atoms with Gasteiger partial charge in [0.05, 0.1) is 40.5 Å². The first-order valence-corrected chi connectivity index (χ1v) is 11.5. The normalized spacial score (nSPS) is 11.5. The smallest absolute Gasteiger partial charge is 0.417 e. The number of aromatic amines is 1. The lowest BCUT2D eigenvalue weighted by molar-refractivity contribution is -0.137. The van der Waals surface area contributed by atoms with E-state index in [-0.39, 0.29) is 29.4 Å². The molecule has 3 aromatic heterocycles. The summed E-state index contributed by atoms with van der Waals surface area (Å²) in [6, 6.07) is 13.0. The number of nitrogens with one attached hydrogen (secondary N) is 2. The zero-order chi connectivity index (χ0) is 27.7. The van der Waals surface area contributed by atoms with Gasteiger partial charge in [-0.15, -0.1) is 0 Å². The second-order valence-corrected chi connectivity index (χ2v) is 8.53. The van der Waals surface area contributed by atoms with E-state index in [1.807, 2.05) is 0 Å². The molecule has 4 N–H and O–H groups in total. The third-order valence-corrected chi connectivity index (χ3v) is 6.08. The lowest BCUT2D eigenvalue weighted by Crippen LogP contribution is -2.23. The molecule has 0 saturated carbocycles. The average molecular weight is 536 g/mol. The molecular weight excluding hydrogens is 516 g/mol. The van der Waals surface area contributed by atoms with E-state index in [4.69, 9.17) is 10.5 Å². The Bertz CT molecular complexity index is 1670. The van der Waals surface area contributed by atoms with Gasteiger partial charge in [-0.3, -0.25) is 19.9 Å². The number of halogens is 4. The highest BCUT2D eigenvalue weighted by Crippen LogP contribution is 2.36. The fraction of sp³-hybridized carbons (Fsp3) is 0.111. The number of H-pyrrole nitrogens is 1. The fourth-order valence-electron chi connectivity index (χ4n) is 4.10. The summed E-state index contributed by atoms with van der Waals surface area (Å²) in [5.74, 6) is -0.617. The van der Waals surface area contributed by atoms with Crippen LogP contribution in [0.25, 0.3) is 33.4 Å². The zero-order valence-corrected chi connectivity index (χ0v) is 20.3. The Hall–Kier alpha value is -5.00. The van der Waals surface area contributed by atoms with E-state index in [9.17, 15) is 22.4 Å². The van der Waals surface area contributed by atoms with Gasteiger partial charge in [0, 0.05) is 30.1 Å². The number of amides is 1. The van der Waals surface area contributed by atoms with Gasteiger partial charge >= 0.3 is 6.18 Å². The molecule has 12 heteroatoms. The molecule has 0 aliphatic rings. The van der Waals surface area contributed by atoms with Crippen LogP contribution in [0.15, 0.2) is 67.0 Å². The Kier molecular flexibility index (Phi) is 6.60. The van der Waals surface area contributed by atoms with Gasteiger partial charge in [-0.25, -0.2) is 4.39 Å². The maximum absolute atomic E-state index is 13.6. The predicted molar refractivity (Wildman–Crippen MR) is 136 cm³/mol. The quantitative estimate of drug-likeness (QED) is 0.251. The van der Waals surface area contributed by atoms with Crippen LogP contribution < -0.4 is 15.8 Å². The maximum Gasteiger partial charge on any atom is 0.417 e. The number of rotatable bonds is 6. The average Bonchev–Trinajstić information content (AvgIpc) is 3.32. The molecule has 5 rings (SSSR count). The maximum atomic E-state index is 13.6. The molecule has 0 aliphatic heterocycles. The standard InChI is InChI=1S/C27H20F4N6O2/c1-39-21-9-7-17(28)10-18(21)26(38)35-11-14-2-4-15(5-3-14)23-22-24(36-37-25(22)32)19(13-34-23)20-8-6-16(12-33-20)27(29,30)31/h2-10,12-13H,11H2,1H3,(H,35,38)(H3,32,36,37). The molecule has 5 aromatic rings. The Morgan fingerprint density at radius 2 is 1.82 bits per heavy atom. The predicted octanol–water partition coefficient (Wildman–Crippen LogP) is 5.37. The number of nitrogen functional groups attached to an aromatic ring is 1. The van der Waals surface area contributed by atoms with E-state index in [1.54, 1.807) is 24.3 Å². The number of methoxy groups -OCH3 is 1. The van der Waals surface area contributed by atoms with Gasteiger partial charge in [0.25, 0.3) is 5.91 Å². The van der Waals surface area contributed by atoms with Crippen LogP contribution in [-0.4, -0.2) is 33.2 Å². The van der Waals surface area contributed by atoms with E-state index >= 15 is 0 Å². The van der Waals surface area contributed by atoms with Crippen molar-refractivity contribution in [1.82, 2.24) is 25.5 Å². The largest absolute Gasteiger partial charge is 0.496 e. The first kappa shape index (κ1) is 25.6. The van der Waals surface area contributed by atoms with Crippen molar-refractivity contribution in [2.75, 3.05) is 12.8 Å². The van der Waals surface area contributed by atoms with Crippen LogP contribution in [0.3, 0.4) is 0 Å². The Morgan fingerprint density at radius 1 is 1.05 bits per heavy atom. The third kappa shape index (κ3) is 5.08. The first-order chi connectivity index (χ1) is 18.7. The number of pyridine rings is 2. The summed E-state index contributed by atoms with van der Waals surface area (Å²) in [6.45, 7) is 0.175. The van der Waals surface area contributed by atoms with Crippen molar-refractivity contribution >= 4 is 22.6 Å². The fourth-order valence-corrected chi connectivity index (χ4v) is 4.10. The van der Waals surface area contributed by atoms with Gasteiger partial charge in [0.2, 0.25) is 0 Å². The van der Waals surface area contributed by atoms with Gasteiger partial charge in [0.15, 0.2) is 5.82 Å². The van der Waals surface area contributed by atoms with E-state index < -0.39 is 23.5 Å². The molecule has 0 aliphatic carbocycles. The van der Waals surface area contributed by atoms with E-state index in [0.29, 0.717) is 27.7 Å². The number of carbonyl (C=O) groups is 1. The molecular formula is C27H20F4N6O2. The van der Waals surface area contributed by atoms with Crippen molar-refractivity contribution in [3.63, 3.8) is 0 Å². The van der Waals surface area contributed by atoms with Crippen LogP contribution in [-0.2, 0) is 12.7 Å². The molecule has 8 nitrogen and oxygen atoms in total. The number of nitrogens with zero attached hydrogens (tertiary/aromatic N) is 3. The molecule has 0 saturated heterocycles. The lowest BCUT2D eigenvalue weighted by Gasteiger charge is -2.11. The number of fused-ring (bicyclic) bond motifs is 1. The van der Waals surface area contributed by atoms with Crippen LogP contribution in [0.2, 0.25) is 0 Å². The van der Waals surface area contributed by atoms with Gasteiger partial charge in [-0.05, 0) is 35.9 Å². The van der Waals surface area contributed by atoms with Gasteiger partial charge in [-0.2, -0.15) is 18.3 Å². The first-order valence-electron chi connectivity index (χ1n) is 11.5. The lowest BCUT2D eigenvalue weighted by atomic mass is 10.0. The van der Waals surface area contributed by atoms with Crippen molar-refractivity contribution in [3.05, 3.63) is 89.5 Å². The second-order valence-electron chi connectivity index (χ2n) is 8.53. The monoisotopic (exact) mass is 536 g/mol. The van der Waals surface area contributed by atoms with Crippen molar-refractivity contribution in [2.24, 2.45) is 0 Å². The molecule has 0 radical (unpaired) electrons. The second kappa shape index (κ2) is 10.0. The number of hydrogen-bond donors (Lipinski definition) is 3. The summed E-state index contributed by atoms with van der Waals surface area (Å²) in [5, 5.41) is 10.1. The zero-order valence-electron chi connectivity index (χ0n) is 20.3. The number of nitrogens with two attached hydrogens (primary N) is 1. The SMILES string of the molecule is COc1ccc(F)cc1C(=O)NCc1ccc(-c2ncc(-c3ccc(C(F)(F)F)cn3)c3[nH]nc(N)c23)cc1. The third-order valence-electron chi connectivity index (χ3n) is 6.08.